The molecule has 0 bridgehead atoms. The Kier molecular flexibility index (Phi) is 5.58. The van der Waals surface area contributed by atoms with Gasteiger partial charge < -0.3 is 24.3 Å². The van der Waals surface area contributed by atoms with E-state index in [1.54, 1.807) is 51.5 Å². The predicted molar refractivity (Wildman–Crippen MR) is 119 cm³/mol. The van der Waals surface area contributed by atoms with Gasteiger partial charge in [0.25, 0.3) is 5.91 Å². The smallest absolute Gasteiger partial charge is 0.262 e. The Morgan fingerprint density at radius 2 is 1.52 bits per heavy atom. The third kappa shape index (κ3) is 3.59. The normalized spacial score (nSPS) is 15.0. The van der Waals surface area contributed by atoms with Crippen LogP contribution in [0.1, 0.15) is 22.1 Å². The van der Waals surface area contributed by atoms with Gasteiger partial charge in [0.05, 0.1) is 39.7 Å². The molecule has 0 saturated carbocycles. The van der Waals surface area contributed by atoms with Crippen LogP contribution in [0.15, 0.2) is 60.7 Å². The number of benzene rings is 3. The third-order valence-electron chi connectivity index (χ3n) is 5.30. The number of hydrogen-bond donors (Lipinski definition) is 1. The predicted octanol–water partition coefficient (Wildman–Crippen LogP) is 4.49. The van der Waals surface area contributed by atoms with Gasteiger partial charge in [-0.25, -0.2) is 0 Å². The number of ether oxygens (including phenoxy) is 4. The van der Waals surface area contributed by atoms with Crippen LogP contribution in [-0.4, -0.2) is 34.3 Å². The monoisotopic (exact) mass is 420 g/mol. The minimum atomic E-state index is -0.496. The van der Waals surface area contributed by atoms with Gasteiger partial charge >= 0.3 is 0 Å². The maximum absolute atomic E-state index is 13.6. The summed E-state index contributed by atoms with van der Waals surface area (Å²) in [6, 6.07) is 18.4. The van der Waals surface area contributed by atoms with Crippen LogP contribution >= 0.6 is 0 Å². The van der Waals surface area contributed by atoms with Crippen LogP contribution in [-0.2, 0) is 0 Å². The summed E-state index contributed by atoms with van der Waals surface area (Å²) in [5, 5.41) is 3.48. The van der Waals surface area contributed by atoms with Crippen molar-refractivity contribution in [1.29, 1.82) is 0 Å². The lowest BCUT2D eigenvalue weighted by atomic mass is 10.0. The van der Waals surface area contributed by atoms with Crippen molar-refractivity contribution in [3.63, 3.8) is 0 Å². The van der Waals surface area contributed by atoms with Crippen molar-refractivity contribution in [2.24, 2.45) is 0 Å². The van der Waals surface area contributed by atoms with Crippen molar-refractivity contribution in [2.45, 2.75) is 6.17 Å². The molecule has 3 aromatic carbocycles. The number of carbonyl (C=O) groups is 1. The van der Waals surface area contributed by atoms with E-state index in [1.807, 2.05) is 42.5 Å². The number of nitrogens with one attached hydrogen (secondary N) is 1. The summed E-state index contributed by atoms with van der Waals surface area (Å²) < 4.78 is 21.8. The van der Waals surface area contributed by atoms with Crippen LogP contribution < -0.4 is 29.2 Å². The molecule has 4 rings (SSSR count). The molecule has 1 N–H and O–H groups in total. The SMILES string of the molecule is COc1ccc(N2C(=O)c3ccccc3NC2c2ccc(OC)c(OC)c2)c(OC)c1. The van der Waals surface area contributed by atoms with E-state index >= 15 is 0 Å². The topological polar surface area (TPSA) is 69.3 Å². The number of fused-ring (bicyclic) bond motifs is 1. The Bertz CT molecular complexity index is 1110. The second-order valence-electron chi connectivity index (χ2n) is 6.92. The molecule has 31 heavy (non-hydrogen) atoms. The van der Waals surface area contributed by atoms with E-state index < -0.39 is 6.17 Å². The quantitative estimate of drug-likeness (QED) is 0.634. The Morgan fingerprint density at radius 1 is 0.774 bits per heavy atom. The molecule has 0 aromatic heterocycles. The molecule has 1 atom stereocenters. The van der Waals surface area contributed by atoms with E-state index in [1.165, 1.54) is 0 Å². The number of amides is 1. The van der Waals surface area contributed by atoms with Crippen LogP contribution in [0.3, 0.4) is 0 Å². The summed E-state index contributed by atoms with van der Waals surface area (Å²) in [4.78, 5) is 15.3. The van der Waals surface area contributed by atoms with Gasteiger partial charge in [0.1, 0.15) is 17.7 Å². The van der Waals surface area contributed by atoms with Gasteiger partial charge in [0.2, 0.25) is 0 Å². The first-order valence-corrected chi connectivity index (χ1v) is 9.74. The Hall–Kier alpha value is -3.87. The van der Waals surface area contributed by atoms with Gasteiger partial charge in [-0.05, 0) is 42.0 Å². The lowest BCUT2D eigenvalue weighted by Gasteiger charge is -2.38. The van der Waals surface area contributed by atoms with Crippen LogP contribution in [0, 0.1) is 0 Å². The highest BCUT2D eigenvalue weighted by Gasteiger charge is 2.36. The Labute approximate surface area is 181 Å². The number of rotatable bonds is 6. The minimum absolute atomic E-state index is 0.141. The van der Waals surface area contributed by atoms with Gasteiger partial charge in [0.15, 0.2) is 11.5 Å². The number of anilines is 2. The lowest BCUT2D eigenvalue weighted by Crippen LogP contribution is -2.43. The van der Waals surface area contributed by atoms with E-state index in [0.717, 1.165) is 11.3 Å². The fourth-order valence-electron chi connectivity index (χ4n) is 3.74. The first-order valence-electron chi connectivity index (χ1n) is 9.74. The van der Waals surface area contributed by atoms with Crippen molar-refractivity contribution < 1.29 is 23.7 Å². The number of hydrogen-bond acceptors (Lipinski definition) is 6. The summed E-state index contributed by atoms with van der Waals surface area (Å²) in [6.07, 6.45) is -0.496. The summed E-state index contributed by atoms with van der Waals surface area (Å²) in [7, 11) is 6.33. The molecular weight excluding hydrogens is 396 g/mol. The van der Waals surface area contributed by atoms with E-state index in [0.29, 0.717) is 34.2 Å². The molecule has 1 heterocycles. The number of nitrogens with zero attached hydrogens (tertiary/aromatic N) is 1. The molecule has 0 spiro atoms. The highest BCUT2D eigenvalue weighted by molar-refractivity contribution is 6.12. The first kappa shape index (κ1) is 20.4. The largest absolute Gasteiger partial charge is 0.497 e. The van der Waals surface area contributed by atoms with Crippen molar-refractivity contribution in [3.05, 3.63) is 71.8 Å². The zero-order valence-corrected chi connectivity index (χ0v) is 17.8. The number of carbonyl (C=O) groups excluding carboxylic acids is 1. The van der Waals surface area contributed by atoms with Crippen molar-refractivity contribution >= 4 is 17.3 Å². The standard InChI is InChI=1S/C24H24N2O5/c1-28-16-10-11-19(21(14-16)30-3)26-23(15-9-12-20(29-2)22(13-15)31-4)25-18-8-6-5-7-17(18)24(26)27/h5-14,23,25H,1-4H3. The second-order valence-corrected chi connectivity index (χ2v) is 6.92. The highest BCUT2D eigenvalue weighted by atomic mass is 16.5. The minimum Gasteiger partial charge on any atom is -0.497 e. The molecule has 1 unspecified atom stereocenters. The van der Waals surface area contributed by atoms with Crippen LogP contribution in [0.25, 0.3) is 0 Å². The van der Waals surface area contributed by atoms with E-state index in [-0.39, 0.29) is 5.91 Å². The Balaban J connectivity index is 1.89. The third-order valence-corrected chi connectivity index (χ3v) is 5.30. The molecule has 1 aliphatic rings. The van der Waals surface area contributed by atoms with Crippen LogP contribution in [0.5, 0.6) is 23.0 Å². The maximum atomic E-state index is 13.6. The van der Waals surface area contributed by atoms with Gasteiger partial charge in [0, 0.05) is 11.8 Å². The molecule has 1 aliphatic heterocycles. The summed E-state index contributed by atoms with van der Waals surface area (Å²) >= 11 is 0. The summed E-state index contributed by atoms with van der Waals surface area (Å²) in [5.41, 5.74) is 2.79. The second kappa shape index (κ2) is 8.47. The molecular formula is C24H24N2O5. The molecule has 7 nitrogen and oxygen atoms in total. The number of para-hydroxylation sites is 1. The van der Waals surface area contributed by atoms with E-state index in [4.69, 9.17) is 18.9 Å². The zero-order valence-electron chi connectivity index (χ0n) is 17.8. The van der Waals surface area contributed by atoms with Crippen LogP contribution in [0.4, 0.5) is 11.4 Å². The summed E-state index contributed by atoms with van der Waals surface area (Å²) in [6.45, 7) is 0. The van der Waals surface area contributed by atoms with Crippen molar-refractivity contribution in [3.8, 4) is 23.0 Å². The highest BCUT2D eigenvalue weighted by Crippen LogP contribution is 2.43. The van der Waals surface area contributed by atoms with E-state index in [9.17, 15) is 4.79 Å². The molecule has 1 amide bonds. The van der Waals surface area contributed by atoms with Gasteiger partial charge in [-0.2, -0.15) is 0 Å². The molecule has 0 saturated heterocycles. The molecule has 3 aromatic rings. The summed E-state index contributed by atoms with van der Waals surface area (Å²) in [5.74, 6) is 2.22. The van der Waals surface area contributed by atoms with Gasteiger partial charge in [-0.3, -0.25) is 9.69 Å². The molecule has 0 fully saturated rings. The Morgan fingerprint density at radius 3 is 2.23 bits per heavy atom. The molecule has 160 valence electrons. The van der Waals surface area contributed by atoms with Crippen LogP contribution in [0.2, 0.25) is 0 Å². The van der Waals surface area contributed by atoms with Gasteiger partial charge in [-0.15, -0.1) is 0 Å². The van der Waals surface area contributed by atoms with Gasteiger partial charge in [-0.1, -0.05) is 18.2 Å². The fourth-order valence-corrected chi connectivity index (χ4v) is 3.74. The molecule has 0 radical (unpaired) electrons. The zero-order chi connectivity index (χ0) is 22.0. The average Bonchev–Trinajstić information content (AvgIpc) is 2.83. The van der Waals surface area contributed by atoms with Crippen molar-refractivity contribution in [2.75, 3.05) is 38.7 Å². The maximum Gasteiger partial charge on any atom is 0.262 e. The van der Waals surface area contributed by atoms with Crippen molar-refractivity contribution in [1.82, 2.24) is 0 Å². The number of methoxy groups -OCH3 is 4. The lowest BCUT2D eigenvalue weighted by molar-refractivity contribution is 0.0974. The average molecular weight is 420 g/mol. The molecule has 0 aliphatic carbocycles. The fraction of sp³-hybridized carbons (Fsp3) is 0.208. The first-order chi connectivity index (χ1) is 15.1. The van der Waals surface area contributed by atoms with E-state index in [2.05, 4.69) is 5.32 Å². The molecule has 7 heteroatoms.